The number of alkyl halides is 1. The molecule has 0 aliphatic heterocycles. The van der Waals surface area contributed by atoms with E-state index in [1.54, 1.807) is 10.8 Å². The van der Waals surface area contributed by atoms with Crippen molar-refractivity contribution in [3.8, 4) is 10.6 Å². The average Bonchev–Trinajstić information content (AvgIpc) is 3.29. The number of amides is 2. The molecule has 0 spiro atoms. The summed E-state index contributed by atoms with van der Waals surface area (Å²) < 4.78 is 0. The van der Waals surface area contributed by atoms with E-state index in [4.69, 9.17) is 11.6 Å². The number of halogens is 1. The van der Waals surface area contributed by atoms with Crippen LogP contribution in [0.3, 0.4) is 0 Å². The Hall–Kier alpha value is -2.29. The number of hydrogen-bond donors (Lipinski definition) is 1. The molecule has 6 nitrogen and oxygen atoms in total. The Kier molecular flexibility index (Phi) is 5.42. The highest BCUT2D eigenvalue weighted by Crippen LogP contribution is 2.24. The molecule has 2 aromatic heterocycles. The van der Waals surface area contributed by atoms with Gasteiger partial charge in [-0.1, -0.05) is 30.3 Å². The number of nitrogens with zero attached hydrogens (tertiary/aromatic N) is 3. The molecule has 2 amide bonds. The molecule has 2 heterocycles. The van der Waals surface area contributed by atoms with E-state index in [0.29, 0.717) is 10.8 Å². The second-order valence-electron chi connectivity index (χ2n) is 4.95. The zero-order valence-corrected chi connectivity index (χ0v) is 15.5. The summed E-state index contributed by atoms with van der Waals surface area (Å²) in [6.07, 6.45) is 0. The van der Waals surface area contributed by atoms with Crippen LogP contribution in [0.25, 0.3) is 10.6 Å². The highest BCUT2D eigenvalue weighted by Gasteiger charge is 2.21. The van der Waals surface area contributed by atoms with Gasteiger partial charge in [-0.25, -0.2) is 9.97 Å². The van der Waals surface area contributed by atoms with Crippen LogP contribution in [0, 0.1) is 0 Å². The first-order chi connectivity index (χ1) is 12.1. The molecule has 128 valence electrons. The predicted molar refractivity (Wildman–Crippen MR) is 99.8 cm³/mol. The second kappa shape index (κ2) is 7.73. The van der Waals surface area contributed by atoms with Crippen LogP contribution < -0.4 is 10.4 Å². The van der Waals surface area contributed by atoms with Gasteiger partial charge in [-0.05, 0) is 0 Å². The van der Waals surface area contributed by atoms with Gasteiger partial charge in [0.25, 0.3) is 5.91 Å². The van der Waals surface area contributed by atoms with Crippen molar-refractivity contribution in [1.29, 1.82) is 0 Å². The molecule has 0 aliphatic rings. The number of thiazole rings is 2. The smallest absolute Gasteiger partial charge is 0.273 e. The summed E-state index contributed by atoms with van der Waals surface area (Å²) in [5.41, 5.74) is 4.36. The lowest BCUT2D eigenvalue weighted by atomic mass is 10.2. The fourth-order valence-electron chi connectivity index (χ4n) is 1.97. The predicted octanol–water partition coefficient (Wildman–Crippen LogP) is 3.70. The highest BCUT2D eigenvalue weighted by atomic mass is 35.5. The maximum Gasteiger partial charge on any atom is 0.289 e. The maximum absolute atomic E-state index is 12.4. The lowest BCUT2D eigenvalue weighted by molar-refractivity contribution is -0.117. The summed E-state index contributed by atoms with van der Waals surface area (Å²) in [7, 11) is 0. The number of nitrogens with one attached hydrogen (secondary N) is 1. The number of anilines is 1. The van der Waals surface area contributed by atoms with Crippen LogP contribution in [0.5, 0.6) is 0 Å². The Morgan fingerprint density at radius 2 is 1.92 bits per heavy atom. The number of carbonyl (C=O) groups is 2. The fourth-order valence-corrected chi connectivity index (χ4v) is 3.83. The second-order valence-corrected chi connectivity index (χ2v) is 6.92. The lowest BCUT2D eigenvalue weighted by Gasteiger charge is -2.17. The van der Waals surface area contributed by atoms with E-state index < -0.39 is 5.91 Å². The van der Waals surface area contributed by atoms with E-state index in [2.05, 4.69) is 15.4 Å². The van der Waals surface area contributed by atoms with E-state index in [-0.39, 0.29) is 17.5 Å². The minimum atomic E-state index is -0.476. The normalized spacial score (nSPS) is 10.5. The first-order valence-electron chi connectivity index (χ1n) is 7.21. The molecule has 9 heteroatoms. The van der Waals surface area contributed by atoms with Crippen LogP contribution in [-0.4, -0.2) is 21.8 Å². The number of hydrazine groups is 1. The van der Waals surface area contributed by atoms with Crippen molar-refractivity contribution >= 4 is 51.2 Å². The minimum absolute atomic E-state index is 0.239. The SMILES string of the molecule is CC(=O)N(NC(=O)c1csc(-c2ccccc2)n1)c1nc(CCl)cs1. The molecule has 0 aliphatic carbocycles. The van der Waals surface area contributed by atoms with Gasteiger partial charge >= 0.3 is 0 Å². The third-order valence-corrected chi connectivity index (χ3v) is 5.19. The molecule has 0 saturated heterocycles. The van der Waals surface area contributed by atoms with Gasteiger partial charge in [0, 0.05) is 23.2 Å². The molecular weight excluding hydrogens is 380 g/mol. The van der Waals surface area contributed by atoms with Crippen molar-refractivity contribution in [1.82, 2.24) is 15.4 Å². The third-order valence-electron chi connectivity index (χ3n) is 3.15. The minimum Gasteiger partial charge on any atom is -0.273 e. The van der Waals surface area contributed by atoms with Gasteiger partial charge in [0.15, 0.2) is 0 Å². The van der Waals surface area contributed by atoms with E-state index in [9.17, 15) is 9.59 Å². The summed E-state index contributed by atoms with van der Waals surface area (Å²) in [6, 6.07) is 9.58. The van der Waals surface area contributed by atoms with Gasteiger partial charge in [-0.15, -0.1) is 34.3 Å². The summed E-state index contributed by atoms with van der Waals surface area (Å²) >= 11 is 8.32. The zero-order chi connectivity index (χ0) is 17.8. The van der Waals surface area contributed by atoms with E-state index >= 15 is 0 Å². The van der Waals surface area contributed by atoms with Crippen molar-refractivity contribution < 1.29 is 9.59 Å². The van der Waals surface area contributed by atoms with Crippen molar-refractivity contribution in [2.45, 2.75) is 12.8 Å². The number of rotatable bonds is 4. The Labute approximate surface area is 157 Å². The summed E-state index contributed by atoms with van der Waals surface area (Å²) in [5, 5.41) is 5.58. The summed E-state index contributed by atoms with van der Waals surface area (Å²) in [4.78, 5) is 32.9. The summed E-state index contributed by atoms with van der Waals surface area (Å²) in [6.45, 7) is 1.35. The third kappa shape index (κ3) is 4.04. The van der Waals surface area contributed by atoms with Crippen molar-refractivity contribution in [3.63, 3.8) is 0 Å². The Morgan fingerprint density at radius 3 is 2.56 bits per heavy atom. The van der Waals surface area contributed by atoms with Gasteiger partial charge in [0.1, 0.15) is 10.7 Å². The maximum atomic E-state index is 12.4. The molecule has 25 heavy (non-hydrogen) atoms. The average molecular weight is 393 g/mol. The summed E-state index contributed by atoms with van der Waals surface area (Å²) in [5.74, 6) is -0.596. The number of carbonyl (C=O) groups excluding carboxylic acids is 2. The van der Waals surface area contributed by atoms with Crippen LogP contribution in [-0.2, 0) is 10.7 Å². The fraction of sp³-hybridized carbons (Fsp3) is 0.125. The molecule has 1 N–H and O–H groups in total. The molecule has 0 atom stereocenters. The number of aromatic nitrogens is 2. The monoisotopic (exact) mass is 392 g/mol. The van der Waals surface area contributed by atoms with E-state index in [1.165, 1.54) is 29.6 Å². The van der Waals surface area contributed by atoms with Crippen molar-refractivity contribution in [3.05, 3.63) is 52.5 Å². The van der Waals surface area contributed by atoms with E-state index in [1.807, 2.05) is 30.3 Å². The van der Waals surface area contributed by atoms with Gasteiger partial charge in [0.05, 0.1) is 11.6 Å². The molecule has 1 aromatic carbocycles. The molecule has 0 unspecified atom stereocenters. The van der Waals surface area contributed by atoms with Crippen LogP contribution in [0.2, 0.25) is 0 Å². The first kappa shape index (κ1) is 17.5. The largest absolute Gasteiger partial charge is 0.289 e. The van der Waals surface area contributed by atoms with Gasteiger partial charge in [-0.3, -0.25) is 15.0 Å². The van der Waals surface area contributed by atoms with E-state index in [0.717, 1.165) is 15.6 Å². The highest BCUT2D eigenvalue weighted by molar-refractivity contribution is 7.14. The van der Waals surface area contributed by atoms with Crippen LogP contribution in [0.1, 0.15) is 23.1 Å². The molecule has 0 radical (unpaired) electrons. The molecular formula is C16H13ClN4O2S2. The molecule has 3 aromatic rings. The molecule has 0 fully saturated rings. The van der Waals surface area contributed by atoms with Crippen molar-refractivity contribution in [2.24, 2.45) is 0 Å². The molecule has 0 saturated carbocycles. The Balaban J connectivity index is 1.78. The molecule has 3 rings (SSSR count). The topological polar surface area (TPSA) is 75.2 Å². The first-order valence-corrected chi connectivity index (χ1v) is 9.51. The van der Waals surface area contributed by atoms with Gasteiger partial charge in [0.2, 0.25) is 11.0 Å². The van der Waals surface area contributed by atoms with Crippen LogP contribution >= 0.6 is 34.3 Å². The zero-order valence-electron chi connectivity index (χ0n) is 13.1. The Morgan fingerprint density at radius 1 is 1.16 bits per heavy atom. The quantitative estimate of drug-likeness (QED) is 0.542. The van der Waals surface area contributed by atoms with Crippen LogP contribution in [0.4, 0.5) is 5.13 Å². The number of hydrogen-bond acceptors (Lipinski definition) is 6. The lowest BCUT2D eigenvalue weighted by Crippen LogP contribution is -2.45. The standard InChI is InChI=1S/C16H13ClN4O2S2/c1-10(22)21(16-18-12(7-17)8-25-16)20-14(23)13-9-24-15(19-13)11-5-3-2-4-6-11/h2-6,8-9H,7H2,1H3,(H,20,23). The molecule has 0 bridgehead atoms. The van der Waals surface area contributed by atoms with Gasteiger partial charge in [-0.2, -0.15) is 5.01 Å². The van der Waals surface area contributed by atoms with Gasteiger partial charge < -0.3 is 0 Å². The Bertz CT molecular complexity index is 894. The number of benzene rings is 1. The van der Waals surface area contributed by atoms with Crippen molar-refractivity contribution in [2.75, 3.05) is 5.01 Å². The van der Waals surface area contributed by atoms with Crippen LogP contribution in [0.15, 0.2) is 41.1 Å².